The first kappa shape index (κ1) is 17.1. The number of carbonyl (C=O) groups excluding carboxylic acids is 2. The van der Waals surface area contributed by atoms with E-state index in [1.807, 2.05) is 0 Å². The van der Waals surface area contributed by atoms with Crippen molar-refractivity contribution in [2.24, 2.45) is 5.92 Å². The summed E-state index contributed by atoms with van der Waals surface area (Å²) in [5.74, 6) is -4.39. The quantitative estimate of drug-likeness (QED) is 0.631. The van der Waals surface area contributed by atoms with E-state index in [4.69, 9.17) is 0 Å². The predicted molar refractivity (Wildman–Crippen MR) is 55.4 cm³/mol. The summed E-state index contributed by atoms with van der Waals surface area (Å²) >= 11 is 0. The zero-order valence-corrected chi connectivity index (χ0v) is 11.2. The Kier molecular flexibility index (Phi) is 6.50. The third-order valence-corrected chi connectivity index (χ3v) is 2.37. The molecular weight excluding hydrogens is 281 g/mol. The molecule has 0 saturated carbocycles. The van der Waals surface area contributed by atoms with Gasteiger partial charge in [-0.05, 0) is 18.9 Å². The van der Waals surface area contributed by atoms with Crippen LogP contribution >= 0.6 is 0 Å². The minimum atomic E-state index is -4.97. The van der Waals surface area contributed by atoms with E-state index in [1.54, 1.807) is 30.3 Å². The van der Waals surface area contributed by atoms with Crippen LogP contribution in [-0.4, -0.2) is 17.7 Å². The molecular formula is C12H11F3O2Ti+4. The summed E-state index contributed by atoms with van der Waals surface area (Å²) in [6, 6.07) is 8.16. The summed E-state index contributed by atoms with van der Waals surface area (Å²) in [7, 11) is 0. The second-order valence-electron chi connectivity index (χ2n) is 3.71. The first-order chi connectivity index (χ1) is 7.82. The Hall–Kier alpha value is -0.936. The van der Waals surface area contributed by atoms with Crippen molar-refractivity contribution in [1.82, 2.24) is 0 Å². The van der Waals surface area contributed by atoms with Crippen LogP contribution in [0.5, 0.6) is 0 Å². The van der Waals surface area contributed by atoms with Gasteiger partial charge in [-0.25, -0.2) is 0 Å². The zero-order chi connectivity index (χ0) is 13.1. The van der Waals surface area contributed by atoms with E-state index in [1.165, 1.54) is 0 Å². The smallest absolute Gasteiger partial charge is 0.299 e. The van der Waals surface area contributed by atoms with Crippen molar-refractivity contribution in [2.45, 2.75) is 19.5 Å². The molecule has 0 saturated heterocycles. The Morgan fingerprint density at radius 1 is 1.17 bits per heavy atom. The topological polar surface area (TPSA) is 34.1 Å². The zero-order valence-electron chi connectivity index (χ0n) is 9.62. The Morgan fingerprint density at radius 3 is 2.06 bits per heavy atom. The fraction of sp³-hybridized carbons (Fsp3) is 0.333. The second-order valence-corrected chi connectivity index (χ2v) is 3.71. The van der Waals surface area contributed by atoms with Crippen LogP contribution in [0.3, 0.4) is 0 Å². The minimum absolute atomic E-state index is 0. The molecule has 0 bridgehead atoms. The van der Waals surface area contributed by atoms with Gasteiger partial charge in [-0.15, -0.1) is 0 Å². The van der Waals surface area contributed by atoms with Crippen molar-refractivity contribution in [1.29, 1.82) is 0 Å². The molecule has 0 fully saturated rings. The van der Waals surface area contributed by atoms with Crippen molar-refractivity contribution >= 4 is 11.6 Å². The molecule has 0 aliphatic rings. The molecule has 0 N–H and O–H groups in total. The molecule has 0 radical (unpaired) electrons. The van der Waals surface area contributed by atoms with Crippen LogP contribution in [0.15, 0.2) is 30.3 Å². The van der Waals surface area contributed by atoms with Gasteiger partial charge in [-0.1, -0.05) is 30.3 Å². The number of halogens is 3. The summed E-state index contributed by atoms with van der Waals surface area (Å²) < 4.78 is 36.8. The van der Waals surface area contributed by atoms with E-state index >= 15 is 0 Å². The summed E-state index contributed by atoms with van der Waals surface area (Å²) in [4.78, 5) is 22.2. The Morgan fingerprint density at radius 2 is 1.67 bits per heavy atom. The maximum Gasteiger partial charge on any atom is 4.00 e. The Bertz CT molecular complexity index is 415. The summed E-state index contributed by atoms with van der Waals surface area (Å²) in [5.41, 5.74) is 0.533. The van der Waals surface area contributed by atoms with Gasteiger partial charge in [0.25, 0.3) is 0 Å². The van der Waals surface area contributed by atoms with E-state index in [-0.39, 0.29) is 28.1 Å². The minimum Gasteiger partial charge on any atom is -0.299 e. The maximum atomic E-state index is 12.3. The van der Waals surface area contributed by atoms with Gasteiger partial charge < -0.3 is 0 Å². The number of hydrogen-bond acceptors (Lipinski definition) is 2. The van der Waals surface area contributed by atoms with E-state index in [9.17, 15) is 22.8 Å². The maximum absolute atomic E-state index is 12.3. The number of carbonyl (C=O) groups is 2. The van der Waals surface area contributed by atoms with Crippen LogP contribution in [0.1, 0.15) is 12.5 Å². The normalized spacial score (nSPS) is 12.4. The molecule has 0 spiro atoms. The van der Waals surface area contributed by atoms with Crippen molar-refractivity contribution < 1.29 is 44.5 Å². The summed E-state index contributed by atoms with van der Waals surface area (Å²) in [5, 5.41) is 0. The van der Waals surface area contributed by atoms with Crippen molar-refractivity contribution in [3.8, 4) is 0 Å². The summed E-state index contributed by atoms with van der Waals surface area (Å²) in [6.45, 7) is 0.997. The van der Waals surface area contributed by atoms with Crippen LogP contribution in [0.2, 0.25) is 0 Å². The molecule has 1 rings (SSSR count). The van der Waals surface area contributed by atoms with E-state index in [2.05, 4.69) is 0 Å². The van der Waals surface area contributed by atoms with Crippen LogP contribution in [0.4, 0.5) is 13.2 Å². The fourth-order valence-electron chi connectivity index (χ4n) is 1.47. The second kappa shape index (κ2) is 6.85. The van der Waals surface area contributed by atoms with Gasteiger partial charge in [-0.2, -0.15) is 13.2 Å². The molecule has 1 unspecified atom stereocenters. The molecule has 0 aromatic heterocycles. The van der Waals surface area contributed by atoms with Gasteiger partial charge >= 0.3 is 27.9 Å². The summed E-state index contributed by atoms with van der Waals surface area (Å²) in [6.07, 6.45) is -5.18. The van der Waals surface area contributed by atoms with E-state index < -0.39 is 23.7 Å². The SMILES string of the molecule is CC(=O)C(Cc1ccccc1)C(=O)C(F)(F)F.[Ti+4]. The third-order valence-electron chi connectivity index (χ3n) is 2.37. The van der Waals surface area contributed by atoms with E-state index in [0.717, 1.165) is 6.92 Å². The van der Waals surface area contributed by atoms with Crippen LogP contribution < -0.4 is 0 Å². The first-order valence-electron chi connectivity index (χ1n) is 4.98. The molecule has 18 heavy (non-hydrogen) atoms. The average Bonchev–Trinajstić information content (AvgIpc) is 2.24. The molecule has 0 aliphatic heterocycles. The van der Waals surface area contributed by atoms with Crippen LogP contribution in [-0.2, 0) is 37.7 Å². The predicted octanol–water partition coefficient (Wildman–Crippen LogP) is 2.56. The number of rotatable bonds is 4. The van der Waals surface area contributed by atoms with Crippen molar-refractivity contribution in [3.63, 3.8) is 0 Å². The van der Waals surface area contributed by atoms with Crippen LogP contribution in [0.25, 0.3) is 0 Å². The molecule has 0 aliphatic carbocycles. The molecule has 2 nitrogen and oxygen atoms in total. The molecule has 1 aromatic carbocycles. The van der Waals surface area contributed by atoms with E-state index in [0.29, 0.717) is 5.56 Å². The fourth-order valence-corrected chi connectivity index (χ4v) is 1.47. The van der Waals surface area contributed by atoms with Gasteiger partial charge in [0, 0.05) is 0 Å². The number of ketones is 2. The molecule has 0 heterocycles. The van der Waals surface area contributed by atoms with Gasteiger partial charge in [0.1, 0.15) is 5.78 Å². The largest absolute Gasteiger partial charge is 4.00 e. The number of benzene rings is 1. The number of hydrogen-bond donors (Lipinski definition) is 0. The third kappa shape index (κ3) is 4.74. The molecule has 0 amide bonds. The first-order valence-corrected chi connectivity index (χ1v) is 4.98. The van der Waals surface area contributed by atoms with Gasteiger partial charge in [0.2, 0.25) is 5.78 Å². The molecule has 1 atom stereocenters. The molecule has 92 valence electrons. The van der Waals surface area contributed by atoms with Gasteiger partial charge in [0.05, 0.1) is 5.92 Å². The van der Waals surface area contributed by atoms with Gasteiger partial charge in [-0.3, -0.25) is 9.59 Å². The molecule has 6 heteroatoms. The monoisotopic (exact) mass is 292 g/mol. The average molecular weight is 292 g/mol. The van der Waals surface area contributed by atoms with Crippen molar-refractivity contribution in [2.75, 3.05) is 0 Å². The molecule has 1 aromatic rings. The Balaban J connectivity index is 0.00000289. The number of Topliss-reactive ketones (excluding diaryl/α,β-unsaturated/α-hetero) is 2. The van der Waals surface area contributed by atoms with Crippen molar-refractivity contribution in [3.05, 3.63) is 35.9 Å². The Labute approximate surface area is 117 Å². The number of alkyl halides is 3. The van der Waals surface area contributed by atoms with Crippen LogP contribution in [0, 0.1) is 5.92 Å². The standard InChI is InChI=1S/C12H11F3O2.Ti/c1-8(16)10(11(17)12(13,14)15)7-9-5-3-2-4-6-9;/h2-6,10H,7H2,1H3;/q;+4. The van der Waals surface area contributed by atoms with Gasteiger partial charge in [0.15, 0.2) is 0 Å².